The van der Waals surface area contributed by atoms with Gasteiger partial charge in [0.2, 0.25) is 0 Å². The van der Waals surface area contributed by atoms with E-state index in [0.717, 1.165) is 12.1 Å². The molecule has 0 aromatic heterocycles. The summed E-state index contributed by atoms with van der Waals surface area (Å²) in [5, 5.41) is 0. The van der Waals surface area contributed by atoms with Crippen LogP contribution in [0.1, 0.15) is 12.5 Å². The van der Waals surface area contributed by atoms with Crippen LogP contribution in [-0.2, 0) is 11.3 Å². The topological polar surface area (TPSA) is 20.3 Å². The van der Waals surface area contributed by atoms with E-state index in [0.29, 0.717) is 11.0 Å². The minimum absolute atomic E-state index is 0.0177. The predicted molar refractivity (Wildman–Crippen MR) is 58.4 cm³/mol. The van der Waals surface area contributed by atoms with Crippen LogP contribution in [0.3, 0.4) is 0 Å². The molecule has 1 rings (SSSR count). The molecule has 0 spiro atoms. The Morgan fingerprint density at radius 3 is 2.30 bits per heavy atom. The van der Waals surface area contributed by atoms with Gasteiger partial charge in [-0.2, -0.15) is 8.78 Å². The summed E-state index contributed by atoms with van der Waals surface area (Å²) in [6.45, 7) is 0.508. The fourth-order valence-corrected chi connectivity index (χ4v) is 1.49. The SMILES string of the molecule is CCN(Cc1ccc(F)c(F)c1)C(=O)C(F)(F)C(F)F. The van der Waals surface area contributed by atoms with Crippen LogP contribution in [0.4, 0.5) is 26.3 Å². The highest BCUT2D eigenvalue weighted by Crippen LogP contribution is 2.26. The van der Waals surface area contributed by atoms with E-state index in [9.17, 15) is 31.1 Å². The molecule has 0 radical (unpaired) electrons. The average molecular weight is 299 g/mol. The molecule has 1 aromatic carbocycles. The number of carbonyl (C=O) groups is 1. The minimum Gasteiger partial charge on any atom is -0.333 e. The van der Waals surface area contributed by atoms with E-state index in [-0.39, 0.29) is 12.1 Å². The van der Waals surface area contributed by atoms with E-state index in [4.69, 9.17) is 0 Å². The highest BCUT2D eigenvalue weighted by atomic mass is 19.3. The second-order valence-corrected chi connectivity index (χ2v) is 3.99. The van der Waals surface area contributed by atoms with E-state index in [2.05, 4.69) is 0 Å². The van der Waals surface area contributed by atoms with E-state index in [1.54, 1.807) is 0 Å². The van der Waals surface area contributed by atoms with Crippen molar-refractivity contribution in [3.63, 3.8) is 0 Å². The van der Waals surface area contributed by atoms with Gasteiger partial charge in [0.1, 0.15) is 0 Å². The lowest BCUT2D eigenvalue weighted by atomic mass is 10.2. The number of benzene rings is 1. The van der Waals surface area contributed by atoms with Crippen molar-refractivity contribution in [3.8, 4) is 0 Å². The highest BCUT2D eigenvalue weighted by molar-refractivity contribution is 5.84. The second-order valence-electron chi connectivity index (χ2n) is 3.99. The molecule has 20 heavy (non-hydrogen) atoms. The van der Waals surface area contributed by atoms with Gasteiger partial charge in [0, 0.05) is 13.1 Å². The monoisotopic (exact) mass is 299 g/mol. The van der Waals surface area contributed by atoms with Crippen molar-refractivity contribution in [2.75, 3.05) is 6.54 Å². The molecule has 0 atom stereocenters. The molecule has 0 aliphatic heterocycles. The smallest absolute Gasteiger partial charge is 0.333 e. The Bertz CT molecular complexity index is 491. The van der Waals surface area contributed by atoms with Crippen LogP contribution in [0.5, 0.6) is 0 Å². The molecule has 112 valence electrons. The van der Waals surface area contributed by atoms with Gasteiger partial charge in [-0.05, 0) is 24.6 Å². The molecular weight excluding hydrogens is 288 g/mol. The van der Waals surface area contributed by atoms with Gasteiger partial charge in [-0.15, -0.1) is 0 Å². The van der Waals surface area contributed by atoms with E-state index in [1.807, 2.05) is 0 Å². The third kappa shape index (κ3) is 3.43. The van der Waals surface area contributed by atoms with Gasteiger partial charge in [-0.1, -0.05) is 6.07 Å². The summed E-state index contributed by atoms with van der Waals surface area (Å²) in [6, 6.07) is 2.55. The average Bonchev–Trinajstić information content (AvgIpc) is 2.39. The van der Waals surface area contributed by atoms with Crippen molar-refractivity contribution in [3.05, 3.63) is 35.4 Å². The quantitative estimate of drug-likeness (QED) is 0.765. The van der Waals surface area contributed by atoms with Crippen LogP contribution in [-0.4, -0.2) is 29.7 Å². The second kappa shape index (κ2) is 6.15. The number of alkyl halides is 4. The van der Waals surface area contributed by atoms with Crippen molar-refractivity contribution in [2.45, 2.75) is 25.8 Å². The van der Waals surface area contributed by atoms with E-state index >= 15 is 0 Å². The Balaban J connectivity index is 2.92. The number of hydrogen-bond donors (Lipinski definition) is 0. The lowest BCUT2D eigenvalue weighted by Gasteiger charge is -2.25. The molecule has 0 N–H and O–H groups in total. The standard InChI is InChI=1S/C12H11F6NO/c1-2-19(11(20)12(17,18)10(15)16)6-7-3-4-8(13)9(14)5-7/h3-5,10H,2,6H2,1H3. The van der Waals surface area contributed by atoms with Crippen LogP contribution in [0, 0.1) is 11.6 Å². The highest BCUT2D eigenvalue weighted by Gasteiger charge is 2.50. The number of rotatable bonds is 5. The number of hydrogen-bond acceptors (Lipinski definition) is 1. The van der Waals surface area contributed by atoms with Crippen LogP contribution in [0.2, 0.25) is 0 Å². The summed E-state index contributed by atoms with van der Waals surface area (Å²) in [7, 11) is 0. The molecule has 0 saturated heterocycles. The third-order valence-corrected chi connectivity index (χ3v) is 2.59. The molecule has 0 saturated carbocycles. The first kappa shape index (κ1) is 16.3. The van der Waals surface area contributed by atoms with E-state index < -0.39 is 36.4 Å². The van der Waals surface area contributed by atoms with Gasteiger partial charge in [0.25, 0.3) is 5.91 Å². The van der Waals surface area contributed by atoms with Crippen LogP contribution >= 0.6 is 0 Å². The van der Waals surface area contributed by atoms with Crippen LogP contribution in [0.25, 0.3) is 0 Å². The lowest BCUT2D eigenvalue weighted by molar-refractivity contribution is -0.181. The fraction of sp³-hybridized carbons (Fsp3) is 0.417. The zero-order valence-corrected chi connectivity index (χ0v) is 10.3. The molecule has 0 bridgehead atoms. The summed E-state index contributed by atoms with van der Waals surface area (Å²) in [5.41, 5.74) is 0.0177. The predicted octanol–water partition coefficient (Wildman–Crippen LogP) is 3.21. The Labute approximate surface area is 111 Å². The zero-order valence-electron chi connectivity index (χ0n) is 10.3. The normalized spacial score (nSPS) is 11.8. The summed E-state index contributed by atoms with van der Waals surface area (Å²) in [5.74, 6) is -9.22. The number of nitrogens with zero attached hydrogens (tertiary/aromatic N) is 1. The minimum atomic E-state index is -4.81. The molecule has 2 nitrogen and oxygen atoms in total. The largest absolute Gasteiger partial charge is 0.383 e. The molecule has 8 heteroatoms. The Morgan fingerprint density at radius 1 is 1.25 bits per heavy atom. The summed E-state index contributed by atoms with van der Waals surface area (Å²) in [4.78, 5) is 11.8. The molecule has 1 aromatic rings. The summed E-state index contributed by atoms with van der Waals surface area (Å²) < 4.78 is 75.8. The summed E-state index contributed by atoms with van der Waals surface area (Å²) >= 11 is 0. The van der Waals surface area contributed by atoms with Gasteiger partial charge >= 0.3 is 12.3 Å². The van der Waals surface area contributed by atoms with Gasteiger partial charge < -0.3 is 4.90 Å². The van der Waals surface area contributed by atoms with Gasteiger partial charge in [0.15, 0.2) is 11.6 Å². The summed E-state index contributed by atoms with van der Waals surface area (Å²) in [6.07, 6.45) is -4.13. The van der Waals surface area contributed by atoms with Crippen LogP contribution < -0.4 is 0 Å². The van der Waals surface area contributed by atoms with Gasteiger partial charge in [-0.3, -0.25) is 4.79 Å². The van der Waals surface area contributed by atoms with E-state index in [1.165, 1.54) is 6.92 Å². The maximum absolute atomic E-state index is 13.0. The number of amides is 1. The molecular formula is C12H11F6NO. The maximum Gasteiger partial charge on any atom is 0.383 e. The first-order valence-electron chi connectivity index (χ1n) is 5.59. The Kier molecular flexibility index (Phi) is 5.02. The molecule has 0 aliphatic carbocycles. The van der Waals surface area contributed by atoms with Crippen LogP contribution in [0.15, 0.2) is 18.2 Å². The van der Waals surface area contributed by atoms with Gasteiger partial charge in [0.05, 0.1) is 0 Å². The number of halogens is 6. The zero-order chi connectivity index (χ0) is 15.5. The van der Waals surface area contributed by atoms with Crippen molar-refractivity contribution < 1.29 is 31.1 Å². The maximum atomic E-state index is 13.0. The molecule has 0 fully saturated rings. The van der Waals surface area contributed by atoms with Gasteiger partial charge in [-0.25, -0.2) is 17.6 Å². The first-order valence-corrected chi connectivity index (χ1v) is 5.59. The van der Waals surface area contributed by atoms with Crippen molar-refractivity contribution in [2.24, 2.45) is 0 Å². The lowest BCUT2D eigenvalue weighted by Crippen LogP contribution is -2.47. The first-order chi connectivity index (χ1) is 9.20. The molecule has 0 aliphatic rings. The Hall–Kier alpha value is -1.73. The van der Waals surface area contributed by atoms with Crippen molar-refractivity contribution in [1.29, 1.82) is 0 Å². The Morgan fingerprint density at radius 2 is 1.85 bits per heavy atom. The molecule has 1 amide bonds. The molecule has 0 heterocycles. The fourth-order valence-electron chi connectivity index (χ4n) is 1.49. The number of carbonyl (C=O) groups excluding carboxylic acids is 1. The third-order valence-electron chi connectivity index (χ3n) is 2.59. The van der Waals surface area contributed by atoms with Crippen molar-refractivity contribution in [1.82, 2.24) is 4.90 Å². The van der Waals surface area contributed by atoms with Crippen molar-refractivity contribution >= 4 is 5.91 Å². The molecule has 0 unspecified atom stereocenters.